The highest BCUT2D eigenvalue weighted by Gasteiger charge is 2.35. The van der Waals surface area contributed by atoms with Crippen LogP contribution in [0.1, 0.15) is 35.3 Å². The lowest BCUT2D eigenvalue weighted by molar-refractivity contribution is 0.0704. The maximum absolute atomic E-state index is 12.8. The number of hydrogen-bond donors (Lipinski definition) is 1. The fourth-order valence-electron chi connectivity index (χ4n) is 3.13. The number of carbonyl (C=O) groups excluding carboxylic acids is 1. The molecule has 134 valence electrons. The molecule has 0 unspecified atom stereocenters. The summed E-state index contributed by atoms with van der Waals surface area (Å²) in [6.07, 6.45) is 3.27. The average molecular weight is 353 g/mol. The number of nitrogens with zero attached hydrogens (tertiary/aromatic N) is 6. The summed E-state index contributed by atoms with van der Waals surface area (Å²) in [6, 6.07) is 9.36. The predicted molar refractivity (Wildman–Crippen MR) is 91.8 cm³/mol. The molecule has 1 fully saturated rings. The summed E-state index contributed by atoms with van der Waals surface area (Å²) >= 11 is 0. The molecule has 2 aromatic heterocycles. The van der Waals surface area contributed by atoms with Gasteiger partial charge < -0.3 is 15.2 Å². The lowest BCUT2D eigenvalue weighted by atomic mass is 10.2. The predicted octanol–water partition coefficient (Wildman–Crippen LogP) is 1.26. The average Bonchev–Trinajstić information content (AvgIpc) is 3.42. The van der Waals surface area contributed by atoms with Gasteiger partial charge in [-0.3, -0.25) is 9.48 Å². The molecule has 3 aromatic rings. The number of hydrogen-bond acceptors (Lipinski definition) is 7. The number of likely N-dealkylation sites (tertiary alicyclic amines) is 1. The summed E-state index contributed by atoms with van der Waals surface area (Å²) in [7, 11) is 0. The summed E-state index contributed by atoms with van der Waals surface area (Å²) in [5.41, 5.74) is 6.68. The van der Waals surface area contributed by atoms with Gasteiger partial charge in [0.1, 0.15) is 6.04 Å². The van der Waals surface area contributed by atoms with Crippen molar-refractivity contribution in [3.05, 3.63) is 48.1 Å². The minimum absolute atomic E-state index is 0.185. The molecule has 26 heavy (non-hydrogen) atoms. The quantitative estimate of drug-likeness (QED) is 0.734. The Hall–Kier alpha value is -3.07. The van der Waals surface area contributed by atoms with Gasteiger partial charge in [0.05, 0.1) is 12.7 Å². The number of benzene rings is 1. The Morgan fingerprint density at radius 2 is 2.15 bits per heavy atom. The van der Waals surface area contributed by atoms with Gasteiger partial charge in [-0.15, -0.1) is 5.10 Å². The fraction of sp³-hybridized carbons (Fsp3) is 0.353. The van der Waals surface area contributed by atoms with E-state index in [2.05, 4.69) is 20.5 Å². The summed E-state index contributed by atoms with van der Waals surface area (Å²) in [5.74, 6) is 0.785. The van der Waals surface area contributed by atoms with Crippen LogP contribution >= 0.6 is 0 Å². The van der Waals surface area contributed by atoms with Crippen LogP contribution in [-0.4, -0.2) is 49.0 Å². The van der Waals surface area contributed by atoms with Gasteiger partial charge >= 0.3 is 0 Å². The van der Waals surface area contributed by atoms with Crippen molar-refractivity contribution in [2.75, 3.05) is 13.1 Å². The third-order valence-corrected chi connectivity index (χ3v) is 4.39. The second-order valence-corrected chi connectivity index (χ2v) is 6.13. The van der Waals surface area contributed by atoms with E-state index in [0.717, 1.165) is 18.4 Å². The van der Waals surface area contributed by atoms with Crippen molar-refractivity contribution in [1.82, 2.24) is 30.0 Å². The van der Waals surface area contributed by atoms with Crippen molar-refractivity contribution in [2.45, 2.75) is 25.4 Å². The zero-order valence-corrected chi connectivity index (χ0v) is 14.2. The van der Waals surface area contributed by atoms with Gasteiger partial charge in [-0.2, -0.15) is 4.98 Å². The first-order chi connectivity index (χ1) is 12.8. The molecule has 1 saturated heterocycles. The van der Waals surface area contributed by atoms with Gasteiger partial charge in [-0.05, 0) is 12.8 Å². The number of rotatable bonds is 5. The van der Waals surface area contributed by atoms with Crippen molar-refractivity contribution in [3.63, 3.8) is 0 Å². The highest BCUT2D eigenvalue weighted by Crippen LogP contribution is 2.32. The Labute approximate surface area is 149 Å². The zero-order chi connectivity index (χ0) is 17.9. The highest BCUT2D eigenvalue weighted by molar-refractivity contribution is 5.92. The number of amides is 1. The lowest BCUT2D eigenvalue weighted by Gasteiger charge is -2.20. The van der Waals surface area contributed by atoms with E-state index in [1.54, 1.807) is 15.8 Å². The summed E-state index contributed by atoms with van der Waals surface area (Å²) < 4.78 is 7.02. The van der Waals surface area contributed by atoms with Crippen LogP contribution in [0.2, 0.25) is 0 Å². The molecule has 2 N–H and O–H groups in total. The van der Waals surface area contributed by atoms with Crippen molar-refractivity contribution >= 4 is 5.91 Å². The molecular weight excluding hydrogens is 334 g/mol. The fourth-order valence-corrected chi connectivity index (χ4v) is 3.13. The maximum atomic E-state index is 12.8. The van der Waals surface area contributed by atoms with Gasteiger partial charge in [0, 0.05) is 18.7 Å². The van der Waals surface area contributed by atoms with Gasteiger partial charge in [-0.25, -0.2) is 0 Å². The van der Waals surface area contributed by atoms with E-state index in [1.165, 1.54) is 0 Å². The van der Waals surface area contributed by atoms with Crippen molar-refractivity contribution < 1.29 is 9.32 Å². The van der Waals surface area contributed by atoms with E-state index < -0.39 is 0 Å². The third kappa shape index (κ3) is 3.08. The number of carbonyl (C=O) groups is 1. The molecule has 0 bridgehead atoms. The first-order valence-electron chi connectivity index (χ1n) is 8.56. The summed E-state index contributed by atoms with van der Waals surface area (Å²) in [4.78, 5) is 19.0. The molecule has 1 aliphatic rings. The van der Waals surface area contributed by atoms with Gasteiger partial charge in [0.25, 0.3) is 5.91 Å². The van der Waals surface area contributed by atoms with Crippen LogP contribution in [0.4, 0.5) is 0 Å². The van der Waals surface area contributed by atoms with Crippen LogP contribution in [0, 0.1) is 0 Å². The Balaban J connectivity index is 1.55. The molecule has 9 heteroatoms. The van der Waals surface area contributed by atoms with Crippen LogP contribution in [0.5, 0.6) is 0 Å². The molecule has 1 amide bonds. The Bertz CT molecular complexity index is 889. The molecule has 1 aromatic carbocycles. The normalized spacial score (nSPS) is 17.0. The van der Waals surface area contributed by atoms with E-state index in [0.29, 0.717) is 37.0 Å². The molecule has 1 atom stereocenters. The van der Waals surface area contributed by atoms with E-state index in [9.17, 15) is 4.79 Å². The molecule has 3 heterocycles. The molecule has 0 radical (unpaired) electrons. The molecule has 1 aliphatic heterocycles. The monoisotopic (exact) mass is 353 g/mol. The van der Waals surface area contributed by atoms with E-state index in [4.69, 9.17) is 10.3 Å². The number of aromatic nitrogens is 5. The van der Waals surface area contributed by atoms with E-state index >= 15 is 0 Å². The molecule has 0 spiro atoms. The van der Waals surface area contributed by atoms with E-state index in [1.807, 2.05) is 30.3 Å². The van der Waals surface area contributed by atoms with Crippen LogP contribution in [0.15, 0.2) is 41.1 Å². The topological polar surface area (TPSA) is 116 Å². The van der Waals surface area contributed by atoms with Crippen molar-refractivity contribution in [3.8, 4) is 11.4 Å². The molecule has 0 saturated carbocycles. The largest absolute Gasteiger partial charge is 0.337 e. The van der Waals surface area contributed by atoms with E-state index in [-0.39, 0.29) is 11.9 Å². The lowest BCUT2D eigenvalue weighted by Crippen LogP contribution is -2.31. The highest BCUT2D eigenvalue weighted by atomic mass is 16.5. The minimum Gasteiger partial charge on any atom is -0.337 e. The van der Waals surface area contributed by atoms with Gasteiger partial charge in [0.2, 0.25) is 11.7 Å². The molecule has 9 nitrogen and oxygen atoms in total. The summed E-state index contributed by atoms with van der Waals surface area (Å²) in [5, 5.41) is 11.9. The Morgan fingerprint density at radius 1 is 1.31 bits per heavy atom. The number of nitrogens with two attached hydrogens (primary N) is 1. The van der Waals surface area contributed by atoms with Gasteiger partial charge in [-0.1, -0.05) is 40.7 Å². The van der Waals surface area contributed by atoms with Crippen LogP contribution in [0.25, 0.3) is 11.4 Å². The minimum atomic E-state index is -0.243. The third-order valence-electron chi connectivity index (χ3n) is 4.39. The van der Waals surface area contributed by atoms with Crippen LogP contribution in [-0.2, 0) is 6.54 Å². The van der Waals surface area contributed by atoms with Crippen LogP contribution in [0.3, 0.4) is 0 Å². The SMILES string of the molecule is NCCn1cc(C(=O)N2CCC[C@@H]2c2nc(-c3ccccc3)no2)nn1. The molecular formula is C17H19N7O2. The molecule has 4 rings (SSSR count). The second-order valence-electron chi connectivity index (χ2n) is 6.13. The summed E-state index contributed by atoms with van der Waals surface area (Å²) in [6.45, 7) is 1.58. The molecule has 0 aliphatic carbocycles. The maximum Gasteiger partial charge on any atom is 0.276 e. The smallest absolute Gasteiger partial charge is 0.276 e. The van der Waals surface area contributed by atoms with Crippen molar-refractivity contribution in [2.24, 2.45) is 5.73 Å². The first-order valence-corrected chi connectivity index (χ1v) is 8.56. The Morgan fingerprint density at radius 3 is 2.96 bits per heavy atom. The Kier molecular flexibility index (Phi) is 4.44. The van der Waals surface area contributed by atoms with Crippen molar-refractivity contribution in [1.29, 1.82) is 0 Å². The first kappa shape index (κ1) is 16.4. The second kappa shape index (κ2) is 7.04. The zero-order valence-electron chi connectivity index (χ0n) is 14.2. The van der Waals surface area contributed by atoms with Gasteiger partial charge in [0.15, 0.2) is 5.69 Å². The standard InChI is InChI=1S/C17H19N7O2/c18-8-10-23-11-13(20-22-23)17(25)24-9-4-7-14(24)16-19-15(21-26-16)12-5-2-1-3-6-12/h1-3,5-6,11,14H,4,7-10,18H2/t14-/m1/s1. The van der Waals surface area contributed by atoms with Crippen LogP contribution < -0.4 is 5.73 Å².